The Balaban J connectivity index is 2.31. The molecule has 1 N–H and O–H groups in total. The molecule has 0 saturated carbocycles. The Bertz CT molecular complexity index is 601. The molecule has 0 aliphatic carbocycles. The van der Waals surface area contributed by atoms with Crippen molar-refractivity contribution in [1.82, 2.24) is 15.3 Å². The summed E-state index contributed by atoms with van der Waals surface area (Å²) in [5.41, 5.74) is 1.97. The van der Waals surface area contributed by atoms with Crippen LogP contribution in [0.5, 0.6) is 0 Å². The summed E-state index contributed by atoms with van der Waals surface area (Å²) in [4.78, 5) is 20.1. The predicted molar refractivity (Wildman–Crippen MR) is 65.3 cm³/mol. The van der Waals surface area contributed by atoms with E-state index in [1.807, 2.05) is 0 Å². The minimum atomic E-state index is -0.292. The van der Waals surface area contributed by atoms with Gasteiger partial charge in [0.2, 0.25) is 0 Å². The highest BCUT2D eigenvalue weighted by atomic mass is 16.1. The average molecular weight is 225 g/mol. The number of fused-ring (bicyclic) bond motifs is 1. The second-order valence-electron chi connectivity index (χ2n) is 3.62. The van der Waals surface area contributed by atoms with Crippen molar-refractivity contribution in [3.63, 3.8) is 0 Å². The van der Waals surface area contributed by atoms with Gasteiger partial charge in [0, 0.05) is 18.0 Å². The maximum Gasteiger partial charge on any atom is 0.252 e. The molecular formula is C13H11N3O. The van der Waals surface area contributed by atoms with Crippen LogP contribution < -0.4 is 5.32 Å². The molecule has 1 heterocycles. The summed E-state index contributed by atoms with van der Waals surface area (Å²) in [5, 5.41) is 2.69. The maximum atomic E-state index is 11.8. The van der Waals surface area contributed by atoms with Gasteiger partial charge in [-0.05, 0) is 25.1 Å². The summed E-state index contributed by atoms with van der Waals surface area (Å²) in [6.07, 6.45) is 8.41. The molecule has 1 aromatic carbocycles. The van der Waals surface area contributed by atoms with Crippen LogP contribution in [-0.4, -0.2) is 21.9 Å². The van der Waals surface area contributed by atoms with Gasteiger partial charge in [-0.1, -0.05) is 5.92 Å². The van der Waals surface area contributed by atoms with E-state index in [2.05, 4.69) is 21.2 Å². The molecule has 4 heteroatoms. The lowest BCUT2D eigenvalue weighted by Crippen LogP contribution is -2.31. The van der Waals surface area contributed by atoms with Gasteiger partial charge in [0.05, 0.1) is 17.1 Å². The van der Waals surface area contributed by atoms with E-state index in [1.54, 1.807) is 37.5 Å². The van der Waals surface area contributed by atoms with Crippen LogP contribution in [0.1, 0.15) is 17.3 Å². The summed E-state index contributed by atoms with van der Waals surface area (Å²) < 4.78 is 0. The van der Waals surface area contributed by atoms with Gasteiger partial charge in [0.25, 0.3) is 5.91 Å². The Hall–Kier alpha value is -2.41. The normalized spacial score (nSPS) is 11.8. The van der Waals surface area contributed by atoms with Crippen LogP contribution in [0.25, 0.3) is 11.0 Å². The average Bonchev–Trinajstić information content (AvgIpc) is 2.38. The van der Waals surface area contributed by atoms with E-state index in [-0.39, 0.29) is 11.9 Å². The number of amides is 1. The van der Waals surface area contributed by atoms with E-state index >= 15 is 0 Å². The summed E-state index contributed by atoms with van der Waals surface area (Å²) in [6.45, 7) is 1.75. The summed E-state index contributed by atoms with van der Waals surface area (Å²) in [6, 6.07) is 4.87. The molecule has 0 fully saturated rings. The third-order valence-corrected chi connectivity index (χ3v) is 2.33. The Kier molecular flexibility index (Phi) is 3.01. The van der Waals surface area contributed by atoms with E-state index in [4.69, 9.17) is 6.42 Å². The first-order valence-electron chi connectivity index (χ1n) is 5.18. The molecule has 0 aliphatic heterocycles. The lowest BCUT2D eigenvalue weighted by molar-refractivity contribution is 0.0948. The zero-order chi connectivity index (χ0) is 12.3. The first kappa shape index (κ1) is 11.1. The fourth-order valence-electron chi connectivity index (χ4n) is 1.43. The molecule has 1 unspecified atom stereocenters. The number of nitrogens with zero attached hydrogens (tertiary/aromatic N) is 2. The van der Waals surface area contributed by atoms with E-state index < -0.39 is 0 Å². The molecule has 1 amide bonds. The first-order valence-corrected chi connectivity index (χ1v) is 5.18. The smallest absolute Gasteiger partial charge is 0.252 e. The number of nitrogens with one attached hydrogen (secondary N) is 1. The van der Waals surface area contributed by atoms with Gasteiger partial charge in [-0.2, -0.15) is 0 Å². The molecule has 1 aromatic heterocycles. The van der Waals surface area contributed by atoms with Crippen molar-refractivity contribution >= 4 is 16.9 Å². The molecule has 84 valence electrons. The van der Waals surface area contributed by atoms with Gasteiger partial charge in [-0.25, -0.2) is 0 Å². The number of carbonyl (C=O) groups is 1. The minimum Gasteiger partial charge on any atom is -0.339 e. The minimum absolute atomic E-state index is 0.206. The Morgan fingerprint density at radius 2 is 2.06 bits per heavy atom. The lowest BCUT2D eigenvalue weighted by Gasteiger charge is -2.07. The van der Waals surface area contributed by atoms with Gasteiger partial charge >= 0.3 is 0 Å². The number of benzene rings is 1. The summed E-state index contributed by atoms with van der Waals surface area (Å²) >= 11 is 0. The SMILES string of the molecule is C#CC(C)NC(=O)c1ccc2nccnc2c1. The Labute approximate surface area is 99.1 Å². The van der Waals surface area contributed by atoms with Crippen molar-refractivity contribution in [3.8, 4) is 12.3 Å². The van der Waals surface area contributed by atoms with Crippen LogP contribution >= 0.6 is 0 Å². The van der Waals surface area contributed by atoms with Crippen LogP contribution in [0, 0.1) is 12.3 Å². The van der Waals surface area contributed by atoms with Gasteiger partial charge in [0.1, 0.15) is 0 Å². The van der Waals surface area contributed by atoms with Crippen molar-refractivity contribution in [2.45, 2.75) is 13.0 Å². The van der Waals surface area contributed by atoms with E-state index in [0.717, 1.165) is 5.52 Å². The first-order chi connectivity index (χ1) is 8.20. The summed E-state index contributed by atoms with van der Waals surface area (Å²) in [7, 11) is 0. The van der Waals surface area contributed by atoms with Gasteiger partial charge < -0.3 is 5.32 Å². The monoisotopic (exact) mass is 225 g/mol. The number of rotatable bonds is 2. The number of carbonyl (C=O) groups excluding carboxylic acids is 1. The van der Waals surface area contributed by atoms with Gasteiger partial charge in [0.15, 0.2) is 0 Å². The lowest BCUT2D eigenvalue weighted by atomic mass is 10.1. The highest BCUT2D eigenvalue weighted by Crippen LogP contribution is 2.10. The fourth-order valence-corrected chi connectivity index (χ4v) is 1.43. The Morgan fingerprint density at radius 3 is 2.76 bits per heavy atom. The van der Waals surface area contributed by atoms with Crippen LogP contribution in [0.3, 0.4) is 0 Å². The van der Waals surface area contributed by atoms with Gasteiger partial charge in [-0.15, -0.1) is 6.42 Å². The third-order valence-electron chi connectivity index (χ3n) is 2.33. The van der Waals surface area contributed by atoms with Crippen LogP contribution in [0.15, 0.2) is 30.6 Å². The summed E-state index contributed by atoms with van der Waals surface area (Å²) in [5.74, 6) is 2.24. The van der Waals surface area contributed by atoms with Gasteiger partial charge in [-0.3, -0.25) is 14.8 Å². The van der Waals surface area contributed by atoms with E-state index in [1.165, 1.54) is 0 Å². The molecule has 0 saturated heterocycles. The second kappa shape index (κ2) is 4.62. The molecule has 17 heavy (non-hydrogen) atoms. The van der Waals surface area contributed by atoms with E-state index in [0.29, 0.717) is 11.1 Å². The third kappa shape index (κ3) is 2.40. The second-order valence-corrected chi connectivity index (χ2v) is 3.62. The molecule has 0 spiro atoms. The highest BCUT2D eigenvalue weighted by Gasteiger charge is 2.08. The van der Waals surface area contributed by atoms with Crippen molar-refractivity contribution in [1.29, 1.82) is 0 Å². The molecule has 4 nitrogen and oxygen atoms in total. The van der Waals surface area contributed by atoms with Crippen molar-refractivity contribution in [3.05, 3.63) is 36.2 Å². The number of aromatic nitrogens is 2. The zero-order valence-corrected chi connectivity index (χ0v) is 9.34. The molecule has 1 atom stereocenters. The quantitative estimate of drug-likeness (QED) is 0.785. The number of hydrogen-bond donors (Lipinski definition) is 1. The van der Waals surface area contributed by atoms with Crippen molar-refractivity contribution in [2.24, 2.45) is 0 Å². The Morgan fingerprint density at radius 1 is 1.35 bits per heavy atom. The molecule has 2 aromatic rings. The maximum absolute atomic E-state index is 11.8. The number of terminal acetylenes is 1. The van der Waals surface area contributed by atoms with Crippen LogP contribution in [0.4, 0.5) is 0 Å². The zero-order valence-electron chi connectivity index (χ0n) is 9.34. The highest BCUT2D eigenvalue weighted by molar-refractivity contribution is 5.97. The molecule has 2 rings (SSSR count). The molecular weight excluding hydrogens is 214 g/mol. The number of hydrogen-bond acceptors (Lipinski definition) is 3. The topological polar surface area (TPSA) is 54.9 Å². The van der Waals surface area contributed by atoms with Crippen LogP contribution in [0.2, 0.25) is 0 Å². The largest absolute Gasteiger partial charge is 0.339 e. The molecule has 0 aliphatic rings. The van der Waals surface area contributed by atoms with Crippen LogP contribution in [-0.2, 0) is 0 Å². The predicted octanol–water partition coefficient (Wildman–Crippen LogP) is 1.38. The fraction of sp³-hybridized carbons (Fsp3) is 0.154. The standard InChI is InChI=1S/C13H11N3O/c1-3-9(2)16-13(17)10-4-5-11-12(8-10)15-7-6-14-11/h1,4-9H,2H3,(H,16,17). The molecule has 0 bridgehead atoms. The van der Waals surface area contributed by atoms with E-state index in [9.17, 15) is 4.79 Å². The molecule has 0 radical (unpaired) electrons. The van der Waals surface area contributed by atoms with Crippen molar-refractivity contribution < 1.29 is 4.79 Å². The van der Waals surface area contributed by atoms with Crippen molar-refractivity contribution in [2.75, 3.05) is 0 Å².